The average molecular weight is 444 g/mol. The lowest BCUT2D eigenvalue weighted by Gasteiger charge is -2.17. The van der Waals surface area contributed by atoms with E-state index in [0.717, 1.165) is 11.9 Å². The number of allylic oxidation sites excluding steroid dienone is 1. The minimum absolute atomic E-state index is 0.0270. The van der Waals surface area contributed by atoms with Gasteiger partial charge in [0.25, 0.3) is 0 Å². The van der Waals surface area contributed by atoms with Gasteiger partial charge < -0.3 is 26.3 Å². The van der Waals surface area contributed by atoms with Gasteiger partial charge in [-0.2, -0.15) is 5.26 Å². The zero-order valence-corrected chi connectivity index (χ0v) is 18.6. The molecule has 2 aromatic heterocycles. The second kappa shape index (κ2) is 9.89. The van der Waals surface area contributed by atoms with Crippen LogP contribution in [-0.2, 0) is 12.1 Å². The van der Waals surface area contributed by atoms with Gasteiger partial charge in [0.05, 0.1) is 42.0 Å². The lowest BCUT2D eigenvalue weighted by atomic mass is 10.0. The van der Waals surface area contributed by atoms with Gasteiger partial charge in [0.15, 0.2) is 0 Å². The summed E-state index contributed by atoms with van der Waals surface area (Å²) in [5, 5.41) is 30.5. The first kappa shape index (κ1) is 23.4. The highest BCUT2D eigenvalue weighted by Gasteiger charge is 2.18. The molecule has 0 atom stereocenters. The van der Waals surface area contributed by atoms with Crippen LogP contribution in [0.25, 0.3) is 16.8 Å². The van der Waals surface area contributed by atoms with Gasteiger partial charge in [-0.1, -0.05) is 12.1 Å². The van der Waals surface area contributed by atoms with Crippen LogP contribution in [0.2, 0.25) is 0 Å². The molecule has 9 nitrogen and oxygen atoms in total. The number of ether oxygens (including phenoxy) is 1. The number of para-hydroxylation sites is 1. The minimum atomic E-state index is -1.04. The van der Waals surface area contributed by atoms with E-state index in [1.165, 1.54) is 7.11 Å². The summed E-state index contributed by atoms with van der Waals surface area (Å²) in [6, 6.07) is 14.4. The summed E-state index contributed by atoms with van der Waals surface area (Å²) in [7, 11) is 1.49. The number of benzene rings is 1. The Labute approximate surface area is 192 Å². The highest BCUT2D eigenvalue weighted by Crippen LogP contribution is 2.32. The van der Waals surface area contributed by atoms with Gasteiger partial charge in [0.2, 0.25) is 5.95 Å². The van der Waals surface area contributed by atoms with E-state index in [0.29, 0.717) is 46.1 Å². The number of hydrogen-bond donors (Lipinski definition) is 4. The maximum absolute atomic E-state index is 10.2. The fraction of sp³-hybridized carbons (Fsp3) is 0.208. The Balaban J connectivity index is 1.90. The number of nitrogens with two attached hydrogens (primary N) is 1. The summed E-state index contributed by atoms with van der Waals surface area (Å²) >= 11 is 0. The maximum Gasteiger partial charge on any atom is 0.221 e. The largest absolute Gasteiger partial charge is 0.495 e. The zero-order valence-electron chi connectivity index (χ0n) is 18.6. The number of anilines is 1. The summed E-state index contributed by atoms with van der Waals surface area (Å²) in [4.78, 5) is 13.0. The summed E-state index contributed by atoms with van der Waals surface area (Å²) < 4.78 is 5.42. The van der Waals surface area contributed by atoms with E-state index in [1.54, 1.807) is 50.4 Å². The molecule has 0 amide bonds. The molecule has 0 spiro atoms. The van der Waals surface area contributed by atoms with Crippen LogP contribution in [-0.4, -0.2) is 33.4 Å². The summed E-state index contributed by atoms with van der Waals surface area (Å²) in [6.07, 6.45) is 2.79. The van der Waals surface area contributed by atoms with Crippen LogP contribution < -0.4 is 15.8 Å². The SMILES string of the molecule is COc1c(C#N)cccc1-c1cc(/C(C=N)=C/NCc2cccc(C(C)(C)O)n2)nc(N)n1. The van der Waals surface area contributed by atoms with Crippen molar-refractivity contribution >= 4 is 17.7 Å². The Morgan fingerprint density at radius 1 is 1.24 bits per heavy atom. The van der Waals surface area contributed by atoms with Crippen LogP contribution in [0.15, 0.2) is 48.7 Å². The molecule has 33 heavy (non-hydrogen) atoms. The normalized spacial score (nSPS) is 11.5. The molecule has 0 aliphatic carbocycles. The highest BCUT2D eigenvalue weighted by molar-refractivity contribution is 6.07. The van der Waals surface area contributed by atoms with Crippen LogP contribution in [0, 0.1) is 16.7 Å². The summed E-state index contributed by atoms with van der Waals surface area (Å²) in [6.45, 7) is 3.74. The Morgan fingerprint density at radius 2 is 2.00 bits per heavy atom. The van der Waals surface area contributed by atoms with E-state index in [4.69, 9.17) is 15.9 Å². The zero-order chi connectivity index (χ0) is 24.0. The molecule has 0 aliphatic rings. The van der Waals surface area contributed by atoms with Gasteiger partial charge >= 0.3 is 0 Å². The molecule has 3 aromatic rings. The van der Waals surface area contributed by atoms with Crippen LogP contribution in [0.3, 0.4) is 0 Å². The molecular formula is C24H25N7O2. The number of nitrogens with zero attached hydrogens (tertiary/aromatic N) is 4. The lowest BCUT2D eigenvalue weighted by molar-refractivity contribution is 0.0736. The predicted molar refractivity (Wildman–Crippen MR) is 126 cm³/mol. The first-order chi connectivity index (χ1) is 15.8. The number of rotatable bonds is 8. The van der Waals surface area contributed by atoms with E-state index in [1.807, 2.05) is 12.1 Å². The number of methoxy groups -OCH3 is 1. The van der Waals surface area contributed by atoms with Crippen molar-refractivity contribution in [2.75, 3.05) is 12.8 Å². The van der Waals surface area contributed by atoms with Crippen molar-refractivity contribution in [2.45, 2.75) is 26.0 Å². The van der Waals surface area contributed by atoms with Gasteiger partial charge in [-0.15, -0.1) is 0 Å². The Morgan fingerprint density at radius 3 is 2.67 bits per heavy atom. The lowest BCUT2D eigenvalue weighted by Crippen LogP contribution is -2.19. The minimum Gasteiger partial charge on any atom is -0.495 e. The Kier molecular flexibility index (Phi) is 7.00. The fourth-order valence-electron chi connectivity index (χ4n) is 3.17. The van der Waals surface area contributed by atoms with Crippen LogP contribution >= 0.6 is 0 Å². The van der Waals surface area contributed by atoms with Gasteiger partial charge in [0.1, 0.15) is 17.4 Å². The van der Waals surface area contributed by atoms with Gasteiger partial charge in [0, 0.05) is 23.6 Å². The van der Waals surface area contributed by atoms with Gasteiger partial charge in [-0.05, 0) is 44.2 Å². The molecule has 0 radical (unpaired) electrons. The van der Waals surface area contributed by atoms with Crippen molar-refractivity contribution in [1.82, 2.24) is 20.3 Å². The Hall–Kier alpha value is -4.29. The molecule has 168 valence electrons. The number of nitrogen functional groups attached to an aromatic ring is 1. The third-order valence-electron chi connectivity index (χ3n) is 4.78. The first-order valence-corrected chi connectivity index (χ1v) is 10.1. The molecule has 2 heterocycles. The van der Waals surface area contributed by atoms with Crippen molar-refractivity contribution in [3.05, 3.63) is 71.3 Å². The summed E-state index contributed by atoms with van der Waals surface area (Å²) in [5.74, 6) is 0.416. The highest BCUT2D eigenvalue weighted by atomic mass is 16.5. The predicted octanol–water partition coefficient (Wildman–Crippen LogP) is 3.01. The number of pyridine rings is 1. The van der Waals surface area contributed by atoms with Crippen LogP contribution in [0.1, 0.15) is 36.5 Å². The number of nitriles is 1. The van der Waals surface area contributed by atoms with E-state index < -0.39 is 5.60 Å². The molecule has 0 saturated carbocycles. The average Bonchev–Trinajstić information content (AvgIpc) is 2.80. The second-order valence-electron chi connectivity index (χ2n) is 7.69. The monoisotopic (exact) mass is 443 g/mol. The molecule has 0 saturated heterocycles. The molecule has 0 aliphatic heterocycles. The van der Waals surface area contributed by atoms with Crippen molar-refractivity contribution in [3.63, 3.8) is 0 Å². The Bertz CT molecular complexity index is 1240. The van der Waals surface area contributed by atoms with E-state index in [9.17, 15) is 10.4 Å². The number of hydrogen-bond acceptors (Lipinski definition) is 9. The molecule has 9 heteroatoms. The first-order valence-electron chi connectivity index (χ1n) is 10.1. The van der Waals surface area contributed by atoms with Crippen molar-refractivity contribution in [3.8, 4) is 23.1 Å². The van der Waals surface area contributed by atoms with E-state index in [-0.39, 0.29) is 5.95 Å². The van der Waals surface area contributed by atoms with E-state index >= 15 is 0 Å². The maximum atomic E-state index is 10.2. The van der Waals surface area contributed by atoms with Gasteiger partial charge in [-0.3, -0.25) is 4.98 Å². The van der Waals surface area contributed by atoms with Crippen LogP contribution in [0.4, 0.5) is 5.95 Å². The topological polar surface area (TPSA) is 154 Å². The van der Waals surface area contributed by atoms with Crippen molar-refractivity contribution < 1.29 is 9.84 Å². The molecule has 0 bridgehead atoms. The molecule has 0 unspecified atom stereocenters. The number of aromatic nitrogens is 3. The third-order valence-corrected chi connectivity index (χ3v) is 4.78. The molecule has 3 rings (SSSR count). The molecule has 1 aromatic carbocycles. The standard InChI is InChI=1S/C24H25N7O2/c1-24(2,32)21-9-5-7-17(29-21)14-28-13-16(12-26)19-10-20(31-23(27)30-19)18-8-4-6-15(11-25)22(18)33-3/h4-10,12-13,26,28,32H,14H2,1-3H3,(H2,27,30,31)/b16-13+,26-12?. The molecule has 5 N–H and O–H groups in total. The molecule has 0 fully saturated rings. The number of nitrogens with one attached hydrogen (secondary N) is 2. The smallest absolute Gasteiger partial charge is 0.221 e. The van der Waals surface area contributed by atoms with E-state index in [2.05, 4.69) is 26.3 Å². The second-order valence-corrected chi connectivity index (χ2v) is 7.69. The summed E-state index contributed by atoms with van der Waals surface area (Å²) in [5.41, 5.74) is 8.55. The quantitative estimate of drug-likeness (QED) is 0.387. The third kappa shape index (κ3) is 5.50. The number of aliphatic hydroxyl groups is 1. The van der Waals surface area contributed by atoms with Crippen molar-refractivity contribution in [2.24, 2.45) is 0 Å². The van der Waals surface area contributed by atoms with Gasteiger partial charge in [-0.25, -0.2) is 9.97 Å². The molecular weight excluding hydrogens is 418 g/mol. The van der Waals surface area contributed by atoms with Crippen LogP contribution in [0.5, 0.6) is 5.75 Å². The fourth-order valence-corrected chi connectivity index (χ4v) is 3.17. The van der Waals surface area contributed by atoms with Crippen molar-refractivity contribution in [1.29, 1.82) is 10.7 Å².